The van der Waals surface area contributed by atoms with Crippen molar-refractivity contribution in [3.63, 3.8) is 0 Å². The van der Waals surface area contributed by atoms with Crippen molar-refractivity contribution in [3.05, 3.63) is 39.9 Å². The van der Waals surface area contributed by atoms with Gasteiger partial charge < -0.3 is 4.74 Å². The summed E-state index contributed by atoms with van der Waals surface area (Å²) >= 11 is 3.36. The average molecular weight is 308 g/mol. The molecule has 0 heterocycles. The molecule has 1 aromatic rings. The summed E-state index contributed by atoms with van der Waals surface area (Å²) in [5, 5.41) is 8.97. The Morgan fingerprint density at radius 3 is 2.83 bits per heavy atom. The standard InChI is InChI=1S/C14H14BrNO2/c1-2-3-8-18-14(17)12(10-16)9-11-6-4-5-7-13(11)15/h4-7,9H,2-3,8H2,1H3/b12-9+. The van der Waals surface area contributed by atoms with E-state index in [0.29, 0.717) is 6.61 Å². The summed E-state index contributed by atoms with van der Waals surface area (Å²) in [6.45, 7) is 2.36. The lowest BCUT2D eigenvalue weighted by Crippen LogP contribution is -2.07. The van der Waals surface area contributed by atoms with Gasteiger partial charge in [-0.2, -0.15) is 5.26 Å². The Labute approximate surface area is 115 Å². The van der Waals surface area contributed by atoms with Crippen molar-refractivity contribution in [1.82, 2.24) is 0 Å². The Balaban J connectivity index is 2.81. The highest BCUT2D eigenvalue weighted by Crippen LogP contribution is 2.19. The molecular weight excluding hydrogens is 294 g/mol. The first-order valence-electron chi connectivity index (χ1n) is 5.72. The molecule has 0 atom stereocenters. The van der Waals surface area contributed by atoms with E-state index >= 15 is 0 Å². The Morgan fingerprint density at radius 2 is 2.22 bits per heavy atom. The van der Waals surface area contributed by atoms with Gasteiger partial charge in [0.1, 0.15) is 11.6 Å². The highest BCUT2D eigenvalue weighted by Gasteiger charge is 2.10. The molecule has 1 rings (SSSR count). The largest absolute Gasteiger partial charge is 0.462 e. The molecule has 0 fully saturated rings. The molecular formula is C14H14BrNO2. The first kappa shape index (κ1) is 14.5. The quantitative estimate of drug-likeness (QED) is 0.361. The van der Waals surface area contributed by atoms with Crippen molar-refractivity contribution in [3.8, 4) is 6.07 Å². The first-order chi connectivity index (χ1) is 8.69. The Kier molecular flexibility index (Phi) is 6.16. The van der Waals surface area contributed by atoms with E-state index < -0.39 is 5.97 Å². The zero-order chi connectivity index (χ0) is 13.4. The number of nitriles is 1. The molecule has 0 aromatic heterocycles. The van der Waals surface area contributed by atoms with Crippen molar-refractivity contribution < 1.29 is 9.53 Å². The number of nitrogens with zero attached hydrogens (tertiary/aromatic N) is 1. The number of esters is 1. The van der Waals surface area contributed by atoms with Crippen molar-refractivity contribution in [1.29, 1.82) is 5.26 Å². The molecule has 0 saturated heterocycles. The number of carbonyl (C=O) groups excluding carboxylic acids is 1. The summed E-state index contributed by atoms with van der Waals surface area (Å²) in [5.74, 6) is -0.568. The fourth-order valence-corrected chi connectivity index (χ4v) is 1.67. The third-order valence-electron chi connectivity index (χ3n) is 2.28. The number of hydrogen-bond acceptors (Lipinski definition) is 3. The van der Waals surface area contributed by atoms with Gasteiger partial charge in [0.2, 0.25) is 0 Å². The highest BCUT2D eigenvalue weighted by molar-refractivity contribution is 9.10. The van der Waals surface area contributed by atoms with Crippen molar-refractivity contribution in [2.24, 2.45) is 0 Å². The number of rotatable bonds is 5. The summed E-state index contributed by atoms with van der Waals surface area (Å²) < 4.78 is 5.84. The molecule has 0 radical (unpaired) electrons. The van der Waals surface area contributed by atoms with Gasteiger partial charge in [-0.05, 0) is 24.1 Å². The van der Waals surface area contributed by atoms with Crippen LogP contribution in [0.3, 0.4) is 0 Å². The lowest BCUT2D eigenvalue weighted by atomic mass is 10.1. The molecule has 3 nitrogen and oxygen atoms in total. The normalized spacial score (nSPS) is 10.8. The van der Waals surface area contributed by atoms with E-state index in [1.54, 1.807) is 0 Å². The van der Waals surface area contributed by atoms with Crippen LogP contribution in [0.15, 0.2) is 34.3 Å². The molecule has 0 aliphatic rings. The van der Waals surface area contributed by atoms with E-state index in [1.807, 2.05) is 37.3 Å². The minimum Gasteiger partial charge on any atom is -0.462 e. The number of halogens is 1. The van der Waals surface area contributed by atoms with Crippen LogP contribution in [-0.2, 0) is 9.53 Å². The first-order valence-corrected chi connectivity index (χ1v) is 6.51. The third kappa shape index (κ3) is 4.34. The maximum Gasteiger partial charge on any atom is 0.348 e. The molecule has 0 spiro atoms. The van der Waals surface area contributed by atoms with Gasteiger partial charge in [-0.15, -0.1) is 0 Å². The van der Waals surface area contributed by atoms with Crippen LogP contribution >= 0.6 is 15.9 Å². The van der Waals surface area contributed by atoms with Crippen LogP contribution in [0.5, 0.6) is 0 Å². The SMILES string of the molecule is CCCCOC(=O)/C(C#N)=C/c1ccccc1Br. The Bertz CT molecular complexity index is 489. The molecule has 0 amide bonds. The van der Waals surface area contributed by atoms with Crippen LogP contribution < -0.4 is 0 Å². The van der Waals surface area contributed by atoms with E-state index in [2.05, 4.69) is 15.9 Å². The van der Waals surface area contributed by atoms with Crippen LogP contribution in [-0.4, -0.2) is 12.6 Å². The number of ether oxygens (including phenoxy) is 1. The molecule has 4 heteroatoms. The maximum absolute atomic E-state index is 11.6. The van der Waals surface area contributed by atoms with Gasteiger partial charge in [-0.1, -0.05) is 47.5 Å². The van der Waals surface area contributed by atoms with Gasteiger partial charge in [0.05, 0.1) is 6.61 Å². The van der Waals surface area contributed by atoms with E-state index in [0.717, 1.165) is 22.9 Å². The van der Waals surface area contributed by atoms with Crippen LogP contribution in [0.4, 0.5) is 0 Å². The van der Waals surface area contributed by atoms with Gasteiger partial charge in [0.15, 0.2) is 0 Å². The van der Waals surface area contributed by atoms with Gasteiger partial charge in [0.25, 0.3) is 0 Å². The van der Waals surface area contributed by atoms with E-state index in [9.17, 15) is 4.79 Å². The second-order valence-electron chi connectivity index (χ2n) is 3.68. The molecule has 0 aliphatic heterocycles. The van der Waals surface area contributed by atoms with Gasteiger partial charge in [0, 0.05) is 4.47 Å². The molecule has 0 unspecified atom stereocenters. The Hall–Kier alpha value is -1.60. The lowest BCUT2D eigenvalue weighted by molar-refractivity contribution is -0.138. The number of unbranched alkanes of at least 4 members (excludes halogenated alkanes) is 1. The fourth-order valence-electron chi connectivity index (χ4n) is 1.27. The monoisotopic (exact) mass is 307 g/mol. The summed E-state index contributed by atoms with van der Waals surface area (Å²) in [6, 6.07) is 9.25. The van der Waals surface area contributed by atoms with Crippen LogP contribution in [0, 0.1) is 11.3 Å². The van der Waals surface area contributed by atoms with Gasteiger partial charge in [-0.25, -0.2) is 4.79 Å². The molecule has 18 heavy (non-hydrogen) atoms. The molecule has 0 aliphatic carbocycles. The number of hydrogen-bond donors (Lipinski definition) is 0. The van der Waals surface area contributed by atoms with Gasteiger partial charge in [-0.3, -0.25) is 0 Å². The smallest absolute Gasteiger partial charge is 0.348 e. The molecule has 0 saturated carbocycles. The fraction of sp³-hybridized carbons (Fsp3) is 0.286. The zero-order valence-electron chi connectivity index (χ0n) is 10.1. The minimum absolute atomic E-state index is 0.0120. The summed E-state index contributed by atoms with van der Waals surface area (Å²) in [6.07, 6.45) is 3.28. The van der Waals surface area contributed by atoms with Crippen molar-refractivity contribution in [2.75, 3.05) is 6.61 Å². The molecule has 0 N–H and O–H groups in total. The Morgan fingerprint density at radius 1 is 1.50 bits per heavy atom. The number of carbonyl (C=O) groups is 1. The van der Waals surface area contributed by atoms with E-state index in [4.69, 9.17) is 10.00 Å². The molecule has 1 aromatic carbocycles. The topological polar surface area (TPSA) is 50.1 Å². The predicted octanol–water partition coefficient (Wildman–Crippen LogP) is 3.70. The average Bonchev–Trinajstić information content (AvgIpc) is 2.38. The predicted molar refractivity (Wildman–Crippen MR) is 73.6 cm³/mol. The minimum atomic E-state index is -0.568. The van der Waals surface area contributed by atoms with Crippen molar-refractivity contribution in [2.45, 2.75) is 19.8 Å². The maximum atomic E-state index is 11.6. The molecule has 94 valence electrons. The van der Waals surface area contributed by atoms with Crippen LogP contribution in [0.1, 0.15) is 25.3 Å². The summed E-state index contributed by atoms with van der Waals surface area (Å²) in [4.78, 5) is 11.6. The van der Waals surface area contributed by atoms with E-state index in [-0.39, 0.29) is 5.57 Å². The second kappa shape index (κ2) is 7.67. The zero-order valence-corrected chi connectivity index (χ0v) is 11.7. The molecule has 0 bridgehead atoms. The third-order valence-corrected chi connectivity index (χ3v) is 3.00. The van der Waals surface area contributed by atoms with Crippen LogP contribution in [0.2, 0.25) is 0 Å². The van der Waals surface area contributed by atoms with E-state index in [1.165, 1.54) is 6.08 Å². The van der Waals surface area contributed by atoms with Crippen molar-refractivity contribution >= 4 is 28.0 Å². The lowest BCUT2D eigenvalue weighted by Gasteiger charge is -2.03. The highest BCUT2D eigenvalue weighted by atomic mass is 79.9. The summed E-state index contributed by atoms with van der Waals surface area (Å²) in [5.41, 5.74) is 0.791. The number of benzene rings is 1. The summed E-state index contributed by atoms with van der Waals surface area (Å²) in [7, 11) is 0. The van der Waals surface area contributed by atoms with Crippen LogP contribution in [0.25, 0.3) is 6.08 Å². The second-order valence-corrected chi connectivity index (χ2v) is 4.54. The van der Waals surface area contributed by atoms with Gasteiger partial charge >= 0.3 is 5.97 Å².